The van der Waals surface area contributed by atoms with Gasteiger partial charge in [0.1, 0.15) is 0 Å². The monoisotopic (exact) mass is 237 g/mol. The second kappa shape index (κ2) is 5.60. The van der Waals surface area contributed by atoms with E-state index in [0.29, 0.717) is 6.54 Å². The molecule has 17 heavy (non-hydrogen) atoms. The van der Waals surface area contributed by atoms with Gasteiger partial charge in [-0.3, -0.25) is 4.68 Å². The van der Waals surface area contributed by atoms with Crippen molar-refractivity contribution in [3.05, 3.63) is 11.9 Å². The van der Waals surface area contributed by atoms with E-state index >= 15 is 0 Å². The molecular formula is C12H23N5. The van der Waals surface area contributed by atoms with E-state index in [0.717, 1.165) is 18.8 Å². The Morgan fingerprint density at radius 3 is 2.88 bits per heavy atom. The molecule has 1 fully saturated rings. The average molecular weight is 237 g/mol. The quantitative estimate of drug-likeness (QED) is 0.803. The Bertz CT molecular complexity index is 340. The van der Waals surface area contributed by atoms with Gasteiger partial charge < -0.3 is 11.1 Å². The molecular weight excluding hydrogens is 214 g/mol. The highest BCUT2D eigenvalue weighted by molar-refractivity contribution is 4.95. The molecule has 0 unspecified atom stereocenters. The molecule has 0 aliphatic heterocycles. The molecule has 5 nitrogen and oxygen atoms in total. The number of hydrogen-bond acceptors (Lipinski definition) is 4. The third kappa shape index (κ3) is 3.51. The molecule has 2 rings (SSSR count). The molecule has 1 aromatic rings. The smallest absolute Gasteiger partial charge is 0.0965 e. The highest BCUT2D eigenvalue weighted by atomic mass is 15.4. The van der Waals surface area contributed by atoms with Gasteiger partial charge in [-0.1, -0.05) is 24.5 Å². The maximum absolute atomic E-state index is 5.48. The lowest BCUT2D eigenvalue weighted by Crippen LogP contribution is -2.43. The Morgan fingerprint density at radius 2 is 2.18 bits per heavy atom. The summed E-state index contributed by atoms with van der Waals surface area (Å²) in [5, 5.41) is 11.8. The minimum absolute atomic E-state index is 0.288. The molecule has 5 heteroatoms. The maximum atomic E-state index is 5.48. The average Bonchev–Trinajstić information content (AvgIpc) is 2.76. The number of nitrogens with zero attached hydrogens (tertiary/aromatic N) is 3. The predicted molar refractivity (Wildman–Crippen MR) is 67.4 cm³/mol. The van der Waals surface area contributed by atoms with Crippen molar-refractivity contribution in [2.24, 2.45) is 5.73 Å². The predicted octanol–water partition coefficient (Wildman–Crippen LogP) is 1.05. The summed E-state index contributed by atoms with van der Waals surface area (Å²) in [6.07, 6.45) is 8.57. The fourth-order valence-corrected chi connectivity index (χ4v) is 2.47. The summed E-state index contributed by atoms with van der Waals surface area (Å²) in [5.74, 6) is 0. The molecule has 1 saturated carbocycles. The van der Waals surface area contributed by atoms with Crippen LogP contribution in [0.1, 0.15) is 44.7 Å². The van der Waals surface area contributed by atoms with Gasteiger partial charge in [0, 0.05) is 24.8 Å². The highest BCUT2D eigenvalue weighted by Crippen LogP contribution is 2.27. The minimum Gasteiger partial charge on any atom is -0.329 e. The highest BCUT2D eigenvalue weighted by Gasteiger charge is 2.25. The Kier molecular flexibility index (Phi) is 4.12. The van der Waals surface area contributed by atoms with Crippen molar-refractivity contribution in [3.63, 3.8) is 0 Å². The van der Waals surface area contributed by atoms with Gasteiger partial charge >= 0.3 is 0 Å². The van der Waals surface area contributed by atoms with Crippen LogP contribution in [0.4, 0.5) is 0 Å². The van der Waals surface area contributed by atoms with Crippen LogP contribution in [0.25, 0.3) is 0 Å². The van der Waals surface area contributed by atoms with Crippen molar-refractivity contribution < 1.29 is 0 Å². The van der Waals surface area contributed by atoms with Crippen molar-refractivity contribution in [1.82, 2.24) is 20.3 Å². The summed E-state index contributed by atoms with van der Waals surface area (Å²) < 4.78 is 1.81. The molecule has 1 aliphatic carbocycles. The summed E-state index contributed by atoms with van der Waals surface area (Å²) in [6.45, 7) is 4.47. The molecule has 0 atom stereocenters. The standard InChI is InChI=1S/C12H23N5/c1-12(5-3-2-4-6-12)14-9-11-10-17(8-7-13)16-15-11/h10,14H,2-9,13H2,1H3. The molecule has 1 aromatic heterocycles. The number of aromatic nitrogens is 3. The lowest BCUT2D eigenvalue weighted by Gasteiger charge is -2.34. The summed E-state index contributed by atoms with van der Waals surface area (Å²) in [5.41, 5.74) is 6.77. The molecule has 0 radical (unpaired) electrons. The van der Waals surface area contributed by atoms with E-state index in [1.165, 1.54) is 32.1 Å². The maximum Gasteiger partial charge on any atom is 0.0965 e. The first-order valence-corrected chi connectivity index (χ1v) is 6.56. The molecule has 3 N–H and O–H groups in total. The zero-order valence-corrected chi connectivity index (χ0v) is 10.7. The Labute approximate surface area is 103 Å². The van der Waals surface area contributed by atoms with E-state index < -0.39 is 0 Å². The molecule has 0 saturated heterocycles. The third-order valence-electron chi connectivity index (χ3n) is 3.60. The lowest BCUT2D eigenvalue weighted by molar-refractivity contribution is 0.251. The summed E-state index contributed by atoms with van der Waals surface area (Å²) in [4.78, 5) is 0. The van der Waals surface area contributed by atoms with Crippen LogP contribution in [0, 0.1) is 0 Å². The van der Waals surface area contributed by atoms with E-state index in [1.807, 2.05) is 6.20 Å². The van der Waals surface area contributed by atoms with Gasteiger partial charge in [-0.15, -0.1) is 5.10 Å². The normalized spacial score (nSPS) is 19.4. The van der Waals surface area contributed by atoms with Gasteiger partial charge in [0.05, 0.1) is 12.2 Å². The second-order valence-electron chi connectivity index (χ2n) is 5.24. The van der Waals surface area contributed by atoms with Crippen LogP contribution < -0.4 is 11.1 Å². The number of nitrogens with two attached hydrogens (primary N) is 1. The zero-order chi connectivity index (χ0) is 12.1. The molecule has 1 aliphatic rings. The number of hydrogen-bond donors (Lipinski definition) is 2. The van der Waals surface area contributed by atoms with Gasteiger partial charge in [-0.2, -0.15) is 0 Å². The van der Waals surface area contributed by atoms with Crippen molar-refractivity contribution in [2.75, 3.05) is 6.54 Å². The van der Waals surface area contributed by atoms with Crippen molar-refractivity contribution in [2.45, 2.75) is 57.7 Å². The van der Waals surface area contributed by atoms with Crippen LogP contribution >= 0.6 is 0 Å². The van der Waals surface area contributed by atoms with Gasteiger partial charge in [0.15, 0.2) is 0 Å². The van der Waals surface area contributed by atoms with Gasteiger partial charge in [-0.05, 0) is 19.8 Å². The van der Waals surface area contributed by atoms with Gasteiger partial charge in [-0.25, -0.2) is 0 Å². The van der Waals surface area contributed by atoms with E-state index in [1.54, 1.807) is 4.68 Å². The summed E-state index contributed by atoms with van der Waals surface area (Å²) >= 11 is 0. The van der Waals surface area contributed by atoms with Crippen molar-refractivity contribution in [3.8, 4) is 0 Å². The first kappa shape index (κ1) is 12.5. The first-order chi connectivity index (χ1) is 8.22. The van der Waals surface area contributed by atoms with Crippen LogP contribution in [0.3, 0.4) is 0 Å². The number of rotatable bonds is 5. The van der Waals surface area contributed by atoms with Gasteiger partial charge in [0.25, 0.3) is 0 Å². The Balaban J connectivity index is 1.83. The SMILES string of the molecule is CC1(NCc2cn(CCN)nn2)CCCCC1. The van der Waals surface area contributed by atoms with Crippen LogP contribution in [0.2, 0.25) is 0 Å². The van der Waals surface area contributed by atoms with Gasteiger partial charge in [0.2, 0.25) is 0 Å². The van der Waals surface area contributed by atoms with Crippen molar-refractivity contribution >= 4 is 0 Å². The number of nitrogens with one attached hydrogen (secondary N) is 1. The van der Waals surface area contributed by atoms with E-state index in [4.69, 9.17) is 5.73 Å². The summed E-state index contributed by atoms with van der Waals surface area (Å²) in [7, 11) is 0. The zero-order valence-electron chi connectivity index (χ0n) is 10.7. The van der Waals surface area contributed by atoms with Crippen LogP contribution in [-0.4, -0.2) is 27.1 Å². The first-order valence-electron chi connectivity index (χ1n) is 6.56. The van der Waals surface area contributed by atoms with Crippen LogP contribution in [0.5, 0.6) is 0 Å². The summed E-state index contributed by atoms with van der Waals surface area (Å²) in [6, 6.07) is 0. The van der Waals surface area contributed by atoms with E-state index in [2.05, 4.69) is 22.6 Å². The second-order valence-corrected chi connectivity index (χ2v) is 5.24. The minimum atomic E-state index is 0.288. The Hall–Kier alpha value is -0.940. The fraction of sp³-hybridized carbons (Fsp3) is 0.833. The Morgan fingerprint density at radius 1 is 1.41 bits per heavy atom. The van der Waals surface area contributed by atoms with Crippen LogP contribution in [-0.2, 0) is 13.1 Å². The molecule has 0 bridgehead atoms. The molecule has 0 amide bonds. The van der Waals surface area contributed by atoms with Crippen molar-refractivity contribution in [1.29, 1.82) is 0 Å². The largest absolute Gasteiger partial charge is 0.329 e. The molecule has 96 valence electrons. The van der Waals surface area contributed by atoms with E-state index in [9.17, 15) is 0 Å². The van der Waals surface area contributed by atoms with Crippen LogP contribution in [0.15, 0.2) is 6.20 Å². The fourth-order valence-electron chi connectivity index (χ4n) is 2.47. The molecule has 1 heterocycles. The van der Waals surface area contributed by atoms with E-state index in [-0.39, 0.29) is 5.54 Å². The lowest BCUT2D eigenvalue weighted by atomic mass is 9.83. The topological polar surface area (TPSA) is 68.8 Å². The molecule has 0 aromatic carbocycles. The third-order valence-corrected chi connectivity index (χ3v) is 3.60. The molecule has 0 spiro atoms.